The van der Waals surface area contributed by atoms with Crippen LogP contribution in [0.2, 0.25) is 0 Å². The van der Waals surface area contributed by atoms with Crippen LogP contribution in [0.1, 0.15) is 97.3 Å². The summed E-state index contributed by atoms with van der Waals surface area (Å²) in [6.45, 7) is 4.46. The maximum absolute atomic E-state index is 3.16. The zero-order valence-corrected chi connectivity index (χ0v) is 13.2. The van der Waals surface area contributed by atoms with Gasteiger partial charge >= 0.3 is 0 Å². The van der Waals surface area contributed by atoms with Gasteiger partial charge in [0.15, 0.2) is 0 Å². The van der Waals surface area contributed by atoms with Gasteiger partial charge in [0, 0.05) is 12.8 Å². The minimum Gasteiger partial charge on any atom is -0.0891 e. The van der Waals surface area contributed by atoms with E-state index in [1.165, 1.54) is 70.6 Å². The molecule has 0 aromatic carbocycles. The lowest BCUT2D eigenvalue weighted by atomic mass is 10.1. The largest absolute Gasteiger partial charge is 0.0891 e. The van der Waals surface area contributed by atoms with E-state index in [0.29, 0.717) is 0 Å². The van der Waals surface area contributed by atoms with Crippen molar-refractivity contribution in [3.05, 3.63) is 0 Å². The average molecular weight is 260 g/mol. The van der Waals surface area contributed by atoms with Crippen LogP contribution < -0.4 is 0 Å². The van der Waals surface area contributed by atoms with Gasteiger partial charge in [-0.05, 0) is 24.7 Å². The maximum Gasteiger partial charge on any atom is 0.00989 e. The van der Waals surface area contributed by atoms with E-state index in [4.69, 9.17) is 0 Å². The lowest BCUT2D eigenvalue weighted by Gasteiger charge is -1.99. The van der Waals surface area contributed by atoms with E-state index < -0.39 is 0 Å². The Labute approximate surface area is 121 Å². The maximum atomic E-state index is 3.16. The SMILES string of the molecule is CCCCC#CC#CCCCCCCCCCCC. The first-order valence-electron chi connectivity index (χ1n) is 8.37. The Morgan fingerprint density at radius 2 is 0.895 bits per heavy atom. The molecule has 0 rings (SSSR count). The summed E-state index contributed by atoms with van der Waals surface area (Å²) >= 11 is 0. The Balaban J connectivity index is 3.17. The van der Waals surface area contributed by atoms with Crippen molar-refractivity contribution in [2.24, 2.45) is 0 Å². The molecule has 0 amide bonds. The van der Waals surface area contributed by atoms with Crippen molar-refractivity contribution in [2.45, 2.75) is 97.3 Å². The number of hydrogen-bond donors (Lipinski definition) is 0. The minimum atomic E-state index is 1.00. The van der Waals surface area contributed by atoms with Crippen LogP contribution in [-0.4, -0.2) is 0 Å². The van der Waals surface area contributed by atoms with Gasteiger partial charge in [-0.25, -0.2) is 0 Å². The summed E-state index contributed by atoms with van der Waals surface area (Å²) in [7, 11) is 0. The molecule has 108 valence electrons. The van der Waals surface area contributed by atoms with Crippen molar-refractivity contribution in [2.75, 3.05) is 0 Å². The van der Waals surface area contributed by atoms with E-state index in [1.807, 2.05) is 0 Å². The first-order valence-corrected chi connectivity index (χ1v) is 8.37. The van der Waals surface area contributed by atoms with Gasteiger partial charge in [-0.2, -0.15) is 0 Å². The normalized spacial score (nSPS) is 9.37. The molecule has 0 heterocycles. The molecule has 0 heteroatoms. The molecule has 0 aliphatic heterocycles. The van der Waals surface area contributed by atoms with Gasteiger partial charge in [0.2, 0.25) is 0 Å². The molecule has 0 atom stereocenters. The van der Waals surface area contributed by atoms with Crippen LogP contribution in [0.3, 0.4) is 0 Å². The molecule has 0 nitrogen and oxygen atoms in total. The van der Waals surface area contributed by atoms with Gasteiger partial charge in [0.25, 0.3) is 0 Å². The summed E-state index contributed by atoms with van der Waals surface area (Å²) in [5.74, 6) is 12.2. The van der Waals surface area contributed by atoms with Crippen LogP contribution in [0.5, 0.6) is 0 Å². The standard InChI is InChI=1S/C19H32/c1-3-5-7-9-11-13-15-17-19-18-16-14-12-10-8-6-4-2/h3-9,11,13,15,17-19H2,1-2H3. The summed E-state index contributed by atoms with van der Waals surface area (Å²) in [4.78, 5) is 0. The third kappa shape index (κ3) is 17.1. The molecule has 0 unspecified atom stereocenters. The molecule has 0 aliphatic carbocycles. The fourth-order valence-corrected chi connectivity index (χ4v) is 2.00. The van der Waals surface area contributed by atoms with E-state index in [0.717, 1.165) is 12.8 Å². The van der Waals surface area contributed by atoms with Crippen LogP contribution in [0.25, 0.3) is 0 Å². The summed E-state index contributed by atoms with van der Waals surface area (Å²) in [6, 6.07) is 0. The Bertz CT molecular complexity index is 279. The fourth-order valence-electron chi connectivity index (χ4n) is 2.00. The third-order valence-corrected chi connectivity index (χ3v) is 3.30. The van der Waals surface area contributed by atoms with Crippen LogP contribution in [0.15, 0.2) is 0 Å². The van der Waals surface area contributed by atoms with Crippen molar-refractivity contribution in [3.63, 3.8) is 0 Å². The molecule has 0 radical (unpaired) electrons. The second kappa shape index (κ2) is 17.1. The van der Waals surface area contributed by atoms with Gasteiger partial charge in [-0.3, -0.25) is 0 Å². The van der Waals surface area contributed by atoms with E-state index in [9.17, 15) is 0 Å². The topological polar surface area (TPSA) is 0 Å². The molecular weight excluding hydrogens is 228 g/mol. The highest BCUT2D eigenvalue weighted by Crippen LogP contribution is 2.10. The van der Waals surface area contributed by atoms with E-state index in [2.05, 4.69) is 37.5 Å². The Morgan fingerprint density at radius 1 is 0.474 bits per heavy atom. The van der Waals surface area contributed by atoms with Gasteiger partial charge in [-0.1, -0.05) is 83.5 Å². The Hall–Kier alpha value is -0.880. The summed E-state index contributed by atoms with van der Waals surface area (Å²) in [5.41, 5.74) is 0. The van der Waals surface area contributed by atoms with E-state index in [-0.39, 0.29) is 0 Å². The molecule has 0 N–H and O–H groups in total. The van der Waals surface area contributed by atoms with Crippen molar-refractivity contribution in [1.29, 1.82) is 0 Å². The van der Waals surface area contributed by atoms with Crippen LogP contribution in [0, 0.1) is 23.7 Å². The summed E-state index contributed by atoms with van der Waals surface area (Å²) in [6.07, 6.45) is 16.9. The van der Waals surface area contributed by atoms with Crippen LogP contribution >= 0.6 is 0 Å². The molecule has 19 heavy (non-hydrogen) atoms. The quantitative estimate of drug-likeness (QED) is 0.311. The van der Waals surface area contributed by atoms with Crippen LogP contribution in [-0.2, 0) is 0 Å². The molecular formula is C19H32. The van der Waals surface area contributed by atoms with E-state index in [1.54, 1.807) is 0 Å². The lowest BCUT2D eigenvalue weighted by molar-refractivity contribution is 0.567. The highest BCUT2D eigenvalue weighted by Gasteiger charge is 1.90. The first kappa shape index (κ1) is 18.1. The molecule has 0 aromatic rings. The highest BCUT2D eigenvalue weighted by atomic mass is 14.0. The minimum absolute atomic E-state index is 1.00. The van der Waals surface area contributed by atoms with E-state index >= 15 is 0 Å². The van der Waals surface area contributed by atoms with Crippen molar-refractivity contribution < 1.29 is 0 Å². The zero-order valence-electron chi connectivity index (χ0n) is 13.2. The molecule has 0 aromatic heterocycles. The molecule has 0 bridgehead atoms. The predicted molar refractivity (Wildman–Crippen MR) is 86.9 cm³/mol. The van der Waals surface area contributed by atoms with Crippen molar-refractivity contribution in [3.8, 4) is 23.7 Å². The summed E-state index contributed by atoms with van der Waals surface area (Å²) < 4.78 is 0. The second-order valence-corrected chi connectivity index (χ2v) is 5.29. The Morgan fingerprint density at radius 3 is 1.42 bits per heavy atom. The number of unbranched alkanes of at least 4 members (excludes halogenated alkanes) is 11. The Kier molecular flexibility index (Phi) is 16.3. The fraction of sp³-hybridized carbons (Fsp3) is 0.789. The van der Waals surface area contributed by atoms with Gasteiger partial charge in [0.05, 0.1) is 0 Å². The lowest BCUT2D eigenvalue weighted by Crippen LogP contribution is -1.80. The third-order valence-electron chi connectivity index (χ3n) is 3.30. The highest BCUT2D eigenvalue weighted by molar-refractivity contribution is 5.25. The predicted octanol–water partition coefficient (Wildman–Crippen LogP) is 6.10. The average Bonchev–Trinajstić information content (AvgIpc) is 2.43. The molecule has 0 saturated heterocycles. The van der Waals surface area contributed by atoms with Crippen LogP contribution in [0.4, 0.5) is 0 Å². The van der Waals surface area contributed by atoms with Crippen molar-refractivity contribution >= 4 is 0 Å². The zero-order chi connectivity index (χ0) is 14.0. The molecule has 0 fully saturated rings. The number of rotatable bonds is 11. The first-order chi connectivity index (χ1) is 9.41. The van der Waals surface area contributed by atoms with Crippen molar-refractivity contribution in [1.82, 2.24) is 0 Å². The number of hydrogen-bond acceptors (Lipinski definition) is 0. The second-order valence-electron chi connectivity index (χ2n) is 5.29. The van der Waals surface area contributed by atoms with Gasteiger partial charge in [-0.15, -0.1) is 0 Å². The smallest absolute Gasteiger partial charge is 0.00989 e. The summed E-state index contributed by atoms with van der Waals surface area (Å²) in [5, 5.41) is 0. The molecule has 0 aliphatic rings. The van der Waals surface area contributed by atoms with Gasteiger partial charge in [0.1, 0.15) is 0 Å². The molecule has 0 saturated carbocycles. The molecule has 0 spiro atoms. The monoisotopic (exact) mass is 260 g/mol. The van der Waals surface area contributed by atoms with Gasteiger partial charge < -0.3 is 0 Å².